The van der Waals surface area contributed by atoms with Crippen LogP contribution in [0.25, 0.3) is 0 Å². The zero-order valence-electron chi connectivity index (χ0n) is 15.6. The molecule has 0 aromatic carbocycles. The molecule has 2 amide bonds. The van der Waals surface area contributed by atoms with Crippen molar-refractivity contribution in [2.75, 3.05) is 0 Å². The Kier molecular flexibility index (Phi) is 5.42. The fourth-order valence-electron chi connectivity index (χ4n) is 5.17. The van der Waals surface area contributed by atoms with Gasteiger partial charge in [0.05, 0.1) is 0 Å². The van der Waals surface area contributed by atoms with Gasteiger partial charge in [0.15, 0.2) is 0 Å². The summed E-state index contributed by atoms with van der Waals surface area (Å²) in [4.78, 5) is 26.5. The Morgan fingerprint density at radius 1 is 1.00 bits per heavy atom. The van der Waals surface area contributed by atoms with Crippen LogP contribution >= 0.6 is 0 Å². The van der Waals surface area contributed by atoms with Gasteiger partial charge in [-0.1, -0.05) is 19.3 Å². The van der Waals surface area contributed by atoms with Gasteiger partial charge in [0.1, 0.15) is 0 Å². The molecule has 4 nitrogen and oxygen atoms in total. The highest BCUT2D eigenvalue weighted by molar-refractivity contribution is 5.77. The molecule has 0 unspecified atom stereocenters. The Morgan fingerprint density at radius 2 is 1.52 bits per heavy atom. The molecule has 1 saturated carbocycles. The summed E-state index contributed by atoms with van der Waals surface area (Å²) < 4.78 is 0. The zero-order valence-corrected chi connectivity index (χ0v) is 15.6. The van der Waals surface area contributed by atoms with Crippen molar-refractivity contribution in [1.29, 1.82) is 0 Å². The van der Waals surface area contributed by atoms with Gasteiger partial charge in [-0.15, -0.1) is 0 Å². The molecule has 2 rings (SSSR count). The lowest BCUT2D eigenvalue weighted by molar-refractivity contribution is -0.148. The van der Waals surface area contributed by atoms with Crippen molar-refractivity contribution < 1.29 is 9.59 Å². The number of carbonyl (C=O) groups is 2. The highest BCUT2D eigenvalue weighted by Crippen LogP contribution is 2.38. The summed E-state index contributed by atoms with van der Waals surface area (Å²) in [6.07, 6.45) is 8.60. The van der Waals surface area contributed by atoms with Gasteiger partial charge in [0.2, 0.25) is 11.8 Å². The molecule has 1 heterocycles. The normalized spacial score (nSPS) is 25.2. The molecule has 1 N–H and O–H groups in total. The van der Waals surface area contributed by atoms with Crippen LogP contribution < -0.4 is 5.32 Å². The molecule has 0 aromatic rings. The summed E-state index contributed by atoms with van der Waals surface area (Å²) in [5.74, 6) is 0.888. The van der Waals surface area contributed by atoms with Crippen molar-refractivity contribution in [3.63, 3.8) is 0 Å². The number of rotatable bonds is 3. The van der Waals surface area contributed by atoms with Crippen LogP contribution in [0.2, 0.25) is 0 Å². The van der Waals surface area contributed by atoms with Gasteiger partial charge in [-0.05, 0) is 59.3 Å². The fraction of sp³-hybridized carbons (Fsp3) is 0.895. The molecular formula is C19H34N2O2. The number of likely N-dealkylation sites (tertiary alicyclic amines) is 1. The van der Waals surface area contributed by atoms with Crippen LogP contribution in [0.15, 0.2) is 0 Å². The first-order valence-electron chi connectivity index (χ1n) is 9.22. The van der Waals surface area contributed by atoms with Crippen LogP contribution in [-0.4, -0.2) is 33.8 Å². The molecule has 0 aromatic heterocycles. The number of hydrogen-bond acceptors (Lipinski definition) is 2. The van der Waals surface area contributed by atoms with Crippen molar-refractivity contribution in [2.45, 2.75) is 103 Å². The van der Waals surface area contributed by atoms with Crippen LogP contribution in [0.1, 0.15) is 86.0 Å². The van der Waals surface area contributed by atoms with E-state index in [9.17, 15) is 9.59 Å². The van der Waals surface area contributed by atoms with Crippen molar-refractivity contribution >= 4 is 11.8 Å². The van der Waals surface area contributed by atoms with E-state index in [0.29, 0.717) is 12.3 Å². The summed E-state index contributed by atoms with van der Waals surface area (Å²) in [7, 11) is 0. The maximum atomic E-state index is 12.4. The van der Waals surface area contributed by atoms with E-state index in [1.165, 1.54) is 32.1 Å². The Morgan fingerprint density at radius 3 is 2.00 bits per heavy atom. The standard InChI is InChI=1S/C19H34N2O2/c1-14(22)21-18(2,3)12-16(13-19(21,4)5)20-17(23)11-15-9-7-6-8-10-15/h15-16H,6-13H2,1-5H3,(H,20,23). The van der Waals surface area contributed by atoms with E-state index < -0.39 is 0 Å². The number of carbonyl (C=O) groups excluding carboxylic acids is 2. The average Bonchev–Trinajstić information content (AvgIpc) is 2.35. The highest BCUT2D eigenvalue weighted by Gasteiger charge is 2.46. The maximum absolute atomic E-state index is 12.4. The second-order valence-electron chi connectivity index (χ2n) is 8.86. The molecule has 1 aliphatic heterocycles. The van der Waals surface area contributed by atoms with Crippen molar-refractivity contribution in [1.82, 2.24) is 10.2 Å². The molecule has 0 spiro atoms. The first kappa shape index (κ1) is 18.3. The summed E-state index contributed by atoms with van der Waals surface area (Å²) in [5.41, 5.74) is -0.452. The fourth-order valence-corrected chi connectivity index (χ4v) is 5.17. The van der Waals surface area contributed by atoms with E-state index in [2.05, 4.69) is 33.0 Å². The summed E-state index contributed by atoms with van der Waals surface area (Å²) >= 11 is 0. The first-order valence-corrected chi connectivity index (χ1v) is 9.22. The van der Waals surface area contributed by atoms with E-state index in [0.717, 1.165) is 12.8 Å². The predicted octanol–water partition coefficient (Wildman–Crippen LogP) is 3.64. The molecular weight excluding hydrogens is 288 g/mol. The van der Waals surface area contributed by atoms with Crippen molar-refractivity contribution in [2.24, 2.45) is 5.92 Å². The lowest BCUT2D eigenvalue weighted by atomic mass is 9.76. The second kappa shape index (κ2) is 6.82. The van der Waals surface area contributed by atoms with Crippen molar-refractivity contribution in [3.8, 4) is 0 Å². The van der Waals surface area contributed by atoms with E-state index in [1.807, 2.05) is 4.90 Å². The van der Waals surface area contributed by atoms with Crippen LogP contribution in [0.3, 0.4) is 0 Å². The number of nitrogens with one attached hydrogen (secondary N) is 1. The third kappa shape index (κ3) is 4.48. The molecule has 4 heteroatoms. The zero-order chi connectivity index (χ0) is 17.3. The van der Waals surface area contributed by atoms with Crippen LogP contribution in [0.5, 0.6) is 0 Å². The minimum atomic E-state index is -0.226. The smallest absolute Gasteiger partial charge is 0.220 e. The van der Waals surface area contributed by atoms with Gasteiger partial charge in [-0.25, -0.2) is 0 Å². The largest absolute Gasteiger partial charge is 0.353 e. The molecule has 1 aliphatic carbocycles. The van der Waals surface area contributed by atoms with E-state index in [-0.39, 0.29) is 28.9 Å². The SMILES string of the molecule is CC(=O)N1C(C)(C)CC(NC(=O)CC2CCCCC2)CC1(C)C. The van der Waals surface area contributed by atoms with Gasteiger partial charge in [0.25, 0.3) is 0 Å². The second-order valence-corrected chi connectivity index (χ2v) is 8.86. The Hall–Kier alpha value is -1.06. The molecule has 1 saturated heterocycles. The molecule has 132 valence electrons. The molecule has 0 atom stereocenters. The van der Waals surface area contributed by atoms with Crippen molar-refractivity contribution in [3.05, 3.63) is 0 Å². The Labute approximate surface area is 141 Å². The number of hydrogen-bond donors (Lipinski definition) is 1. The lowest BCUT2D eigenvalue weighted by Gasteiger charge is -2.55. The number of nitrogens with zero attached hydrogens (tertiary/aromatic N) is 1. The van der Waals surface area contributed by atoms with Crippen LogP contribution in [0.4, 0.5) is 0 Å². The number of amides is 2. The maximum Gasteiger partial charge on any atom is 0.220 e. The van der Waals surface area contributed by atoms with Crippen LogP contribution in [0, 0.1) is 5.92 Å². The third-order valence-corrected chi connectivity index (χ3v) is 5.58. The Bertz CT molecular complexity index is 432. The minimum absolute atomic E-state index is 0.118. The van der Waals surface area contributed by atoms with E-state index >= 15 is 0 Å². The number of piperidine rings is 1. The van der Waals surface area contributed by atoms with Gasteiger partial charge >= 0.3 is 0 Å². The molecule has 2 aliphatic rings. The average molecular weight is 322 g/mol. The van der Waals surface area contributed by atoms with E-state index in [1.54, 1.807) is 6.92 Å². The molecule has 2 fully saturated rings. The van der Waals surface area contributed by atoms with Crippen LogP contribution in [-0.2, 0) is 9.59 Å². The molecule has 0 radical (unpaired) electrons. The Balaban J connectivity index is 1.96. The molecule has 0 bridgehead atoms. The quantitative estimate of drug-likeness (QED) is 0.862. The minimum Gasteiger partial charge on any atom is -0.353 e. The third-order valence-electron chi connectivity index (χ3n) is 5.58. The summed E-state index contributed by atoms with van der Waals surface area (Å²) in [6, 6.07) is 0.159. The molecule has 23 heavy (non-hydrogen) atoms. The predicted molar refractivity (Wildman–Crippen MR) is 93.0 cm³/mol. The van der Waals surface area contributed by atoms with E-state index in [4.69, 9.17) is 0 Å². The van der Waals surface area contributed by atoms with Gasteiger partial charge in [-0.2, -0.15) is 0 Å². The summed E-state index contributed by atoms with van der Waals surface area (Å²) in [6.45, 7) is 10.1. The van der Waals surface area contributed by atoms with Gasteiger partial charge in [0, 0.05) is 30.5 Å². The topological polar surface area (TPSA) is 49.4 Å². The monoisotopic (exact) mass is 322 g/mol. The first-order chi connectivity index (χ1) is 10.6. The summed E-state index contributed by atoms with van der Waals surface area (Å²) in [5, 5.41) is 3.26. The highest BCUT2D eigenvalue weighted by atomic mass is 16.2. The lowest BCUT2D eigenvalue weighted by Crippen LogP contribution is -2.65. The van der Waals surface area contributed by atoms with Gasteiger partial charge < -0.3 is 10.2 Å². The van der Waals surface area contributed by atoms with Gasteiger partial charge in [-0.3, -0.25) is 9.59 Å².